The summed E-state index contributed by atoms with van der Waals surface area (Å²) >= 11 is 1.65. The van der Waals surface area contributed by atoms with E-state index >= 15 is 0 Å². The summed E-state index contributed by atoms with van der Waals surface area (Å²) in [7, 11) is 0. The molecule has 5 rings (SSSR count). The van der Waals surface area contributed by atoms with Gasteiger partial charge in [-0.1, -0.05) is 18.2 Å². The molecule has 3 heteroatoms. The number of benzene rings is 2. The van der Waals surface area contributed by atoms with E-state index in [9.17, 15) is 0 Å². The molecular formula is C19H11NOS. The lowest BCUT2D eigenvalue weighted by molar-refractivity contribution is 0.670. The summed E-state index contributed by atoms with van der Waals surface area (Å²) in [6.45, 7) is 0. The average molecular weight is 305 g/mol. The van der Waals surface area contributed by atoms with Crippen LogP contribution in [0.2, 0.25) is 0 Å². The molecule has 0 radical (unpaired) electrons. The van der Waals surface area contributed by atoms with Gasteiger partial charge in [0, 0.05) is 27.2 Å². The summed E-state index contributed by atoms with van der Waals surface area (Å²) in [4.78, 5) is 4.08. The van der Waals surface area contributed by atoms with Crippen molar-refractivity contribution < 1.29 is 9.90 Å². The Bertz CT molecular complexity index is 1340. The Labute approximate surface area is 136 Å². The molecular weight excluding hydrogens is 290 g/mol. The van der Waals surface area contributed by atoms with Gasteiger partial charge in [0.15, 0.2) is 0 Å². The molecule has 0 atom stereocenters. The van der Waals surface area contributed by atoms with Gasteiger partial charge in [0.2, 0.25) is 0 Å². The number of para-hydroxylation sites is 1. The van der Waals surface area contributed by atoms with Crippen LogP contribution in [0.5, 0.6) is 0 Å². The van der Waals surface area contributed by atoms with E-state index in [-0.39, 0.29) is 30.0 Å². The second-order valence-electron chi connectivity index (χ2n) is 5.04. The van der Waals surface area contributed by atoms with Gasteiger partial charge in [-0.25, -0.2) is 0 Å². The standard InChI is InChI=1S/C19H11NOS/c1-2-8-20-16(6-1)14-5-3-4-13-15-10-12-7-9-22-18(12)11-17(15)21-19(13)14/h1-11H/i1D,2D,6D,8D. The van der Waals surface area contributed by atoms with Crippen molar-refractivity contribution in [1.29, 1.82) is 0 Å². The highest BCUT2D eigenvalue weighted by Gasteiger charge is 2.13. The molecule has 0 unspecified atom stereocenters. The molecule has 3 aromatic heterocycles. The molecule has 0 amide bonds. The maximum absolute atomic E-state index is 8.18. The van der Waals surface area contributed by atoms with Gasteiger partial charge < -0.3 is 4.42 Å². The van der Waals surface area contributed by atoms with Crippen molar-refractivity contribution >= 4 is 43.4 Å². The van der Waals surface area contributed by atoms with E-state index < -0.39 is 0 Å². The summed E-state index contributed by atoms with van der Waals surface area (Å²) in [5, 5.41) is 5.07. The minimum absolute atomic E-state index is 0.167. The Kier molecular flexibility index (Phi) is 1.75. The fourth-order valence-electron chi connectivity index (χ4n) is 2.80. The number of thiophene rings is 1. The number of nitrogens with zero attached hydrogens (tertiary/aromatic N) is 1. The highest BCUT2D eigenvalue weighted by Crippen LogP contribution is 2.37. The predicted molar refractivity (Wildman–Crippen MR) is 92.3 cm³/mol. The monoisotopic (exact) mass is 305 g/mol. The minimum Gasteiger partial charge on any atom is -0.455 e. The van der Waals surface area contributed by atoms with E-state index in [1.54, 1.807) is 17.4 Å². The van der Waals surface area contributed by atoms with Crippen LogP contribution in [0, 0.1) is 0 Å². The molecule has 0 aliphatic carbocycles. The van der Waals surface area contributed by atoms with Crippen LogP contribution in [0.15, 0.2) is 70.5 Å². The molecule has 0 aliphatic rings. The van der Waals surface area contributed by atoms with Gasteiger partial charge in [0.25, 0.3) is 0 Å². The Morgan fingerprint density at radius 2 is 2.09 bits per heavy atom. The molecule has 0 spiro atoms. The number of aromatic nitrogens is 1. The normalized spacial score (nSPS) is 14.2. The van der Waals surface area contributed by atoms with E-state index in [1.807, 2.05) is 23.6 Å². The third-order valence-electron chi connectivity index (χ3n) is 3.79. The first-order valence-electron chi connectivity index (χ1n) is 8.82. The number of pyridine rings is 1. The van der Waals surface area contributed by atoms with Crippen LogP contribution in [-0.2, 0) is 0 Å². The van der Waals surface area contributed by atoms with E-state index in [0.29, 0.717) is 11.1 Å². The van der Waals surface area contributed by atoms with E-state index in [2.05, 4.69) is 17.1 Å². The van der Waals surface area contributed by atoms with E-state index in [0.717, 1.165) is 26.4 Å². The van der Waals surface area contributed by atoms with Crippen LogP contribution in [0.1, 0.15) is 5.48 Å². The zero-order valence-corrected chi connectivity index (χ0v) is 12.1. The quantitative estimate of drug-likeness (QED) is 0.387. The van der Waals surface area contributed by atoms with Crippen LogP contribution in [0.4, 0.5) is 0 Å². The van der Waals surface area contributed by atoms with Crippen LogP contribution < -0.4 is 0 Å². The van der Waals surface area contributed by atoms with Crippen molar-refractivity contribution in [2.24, 2.45) is 0 Å². The van der Waals surface area contributed by atoms with Crippen molar-refractivity contribution in [3.63, 3.8) is 0 Å². The first kappa shape index (κ1) is 8.71. The molecule has 0 fully saturated rings. The second kappa shape index (κ2) is 4.42. The Morgan fingerprint density at radius 1 is 1.09 bits per heavy atom. The summed E-state index contributed by atoms with van der Waals surface area (Å²) in [5.41, 5.74) is 2.09. The fourth-order valence-corrected chi connectivity index (χ4v) is 3.60. The van der Waals surface area contributed by atoms with Gasteiger partial charge in [-0.3, -0.25) is 4.98 Å². The smallest absolute Gasteiger partial charge is 0.144 e. The van der Waals surface area contributed by atoms with E-state index in [1.165, 1.54) is 0 Å². The molecule has 3 heterocycles. The molecule has 104 valence electrons. The minimum atomic E-state index is -0.337. The largest absolute Gasteiger partial charge is 0.455 e. The van der Waals surface area contributed by atoms with Crippen LogP contribution >= 0.6 is 11.3 Å². The third kappa shape index (κ3) is 1.63. The SMILES string of the molecule is [2H]c1nc(-c2cccc3c2oc2cc4sccc4cc23)c([2H])c([2H])c1[2H]. The van der Waals surface area contributed by atoms with E-state index in [4.69, 9.17) is 9.90 Å². The lowest BCUT2D eigenvalue weighted by Crippen LogP contribution is -1.81. The van der Waals surface area contributed by atoms with Gasteiger partial charge in [-0.15, -0.1) is 11.3 Å². The van der Waals surface area contributed by atoms with Crippen LogP contribution in [-0.4, -0.2) is 4.98 Å². The zero-order chi connectivity index (χ0) is 18.0. The molecule has 0 bridgehead atoms. The summed E-state index contributed by atoms with van der Waals surface area (Å²) < 4.78 is 38.8. The highest BCUT2D eigenvalue weighted by molar-refractivity contribution is 7.17. The van der Waals surface area contributed by atoms with Gasteiger partial charge in [-0.05, 0) is 47.1 Å². The average Bonchev–Trinajstić information content (AvgIpc) is 3.24. The Balaban J connectivity index is 1.88. The number of furan rings is 1. The van der Waals surface area contributed by atoms with Gasteiger partial charge in [0.1, 0.15) is 11.2 Å². The lowest BCUT2D eigenvalue weighted by Gasteiger charge is -2.00. The van der Waals surface area contributed by atoms with Crippen molar-refractivity contribution in [2.45, 2.75) is 0 Å². The molecule has 0 aliphatic heterocycles. The predicted octanol–water partition coefficient (Wildman–Crippen LogP) is 5.86. The highest BCUT2D eigenvalue weighted by atomic mass is 32.1. The third-order valence-corrected chi connectivity index (χ3v) is 4.67. The maximum atomic E-state index is 8.18. The number of rotatable bonds is 1. The Hall–Kier alpha value is -2.65. The Morgan fingerprint density at radius 3 is 3.09 bits per heavy atom. The van der Waals surface area contributed by atoms with Crippen LogP contribution in [0.3, 0.4) is 0 Å². The number of fused-ring (bicyclic) bond motifs is 4. The second-order valence-corrected chi connectivity index (χ2v) is 5.99. The molecule has 5 aromatic rings. The van der Waals surface area contributed by atoms with Crippen molar-refractivity contribution in [3.05, 3.63) is 66.1 Å². The summed E-state index contributed by atoms with van der Waals surface area (Å²) in [6.07, 6.45) is -0.311. The van der Waals surface area contributed by atoms with Crippen molar-refractivity contribution in [2.75, 3.05) is 0 Å². The molecule has 2 nitrogen and oxygen atoms in total. The van der Waals surface area contributed by atoms with Gasteiger partial charge in [-0.2, -0.15) is 0 Å². The van der Waals surface area contributed by atoms with Crippen molar-refractivity contribution in [1.82, 2.24) is 4.98 Å². The fraction of sp³-hybridized carbons (Fsp3) is 0. The number of hydrogen-bond donors (Lipinski definition) is 0. The number of hydrogen-bond acceptors (Lipinski definition) is 3. The molecule has 22 heavy (non-hydrogen) atoms. The molecule has 2 aromatic carbocycles. The maximum Gasteiger partial charge on any atom is 0.144 e. The topological polar surface area (TPSA) is 26.0 Å². The van der Waals surface area contributed by atoms with Gasteiger partial charge >= 0.3 is 0 Å². The van der Waals surface area contributed by atoms with Crippen molar-refractivity contribution in [3.8, 4) is 11.3 Å². The van der Waals surface area contributed by atoms with Gasteiger partial charge in [0.05, 0.1) is 11.2 Å². The van der Waals surface area contributed by atoms with Crippen LogP contribution in [0.25, 0.3) is 43.3 Å². The first-order chi connectivity index (χ1) is 12.5. The first-order valence-corrected chi connectivity index (χ1v) is 7.70. The molecule has 0 N–H and O–H groups in total. The molecule has 0 saturated carbocycles. The summed E-state index contributed by atoms with van der Waals surface area (Å²) in [5.74, 6) is 0. The lowest BCUT2D eigenvalue weighted by atomic mass is 10.1. The zero-order valence-electron chi connectivity index (χ0n) is 15.3. The summed E-state index contributed by atoms with van der Waals surface area (Å²) in [6, 6.07) is 10.9. The molecule has 0 saturated heterocycles.